The molecule has 0 atom stereocenters. The van der Waals surface area contributed by atoms with Crippen molar-refractivity contribution >= 4 is 11.4 Å². The van der Waals surface area contributed by atoms with Gasteiger partial charge in [-0.15, -0.1) is 0 Å². The Morgan fingerprint density at radius 2 is 1.65 bits per heavy atom. The molecule has 0 amide bonds. The quantitative estimate of drug-likeness (QED) is 0.696. The number of aliphatic hydroxyl groups is 2. The predicted molar refractivity (Wildman–Crippen MR) is 71.5 cm³/mol. The molecule has 0 radical (unpaired) electrons. The summed E-state index contributed by atoms with van der Waals surface area (Å²) in [7, 11) is 3.99. The average Bonchev–Trinajstić information content (AvgIpc) is 2.36. The molecule has 1 aromatic carbocycles. The monoisotopic (exact) mass is 238 g/mol. The molecule has 1 aromatic rings. The Balaban J connectivity index is 2.58. The van der Waals surface area contributed by atoms with Crippen molar-refractivity contribution < 1.29 is 10.2 Å². The van der Waals surface area contributed by atoms with Crippen LogP contribution in [0.5, 0.6) is 0 Å². The molecule has 0 aromatic heterocycles. The first-order valence-electron chi connectivity index (χ1n) is 5.74. The van der Waals surface area contributed by atoms with Crippen LogP contribution in [0.3, 0.4) is 0 Å². The third kappa shape index (κ3) is 3.91. The van der Waals surface area contributed by atoms with Gasteiger partial charge in [0.15, 0.2) is 0 Å². The van der Waals surface area contributed by atoms with Crippen molar-refractivity contribution in [1.29, 1.82) is 0 Å². The molecule has 0 aliphatic heterocycles. The minimum atomic E-state index is -0.486. The van der Waals surface area contributed by atoms with Crippen LogP contribution >= 0.6 is 0 Å². The van der Waals surface area contributed by atoms with Crippen LogP contribution in [0, 0.1) is 5.41 Å². The van der Waals surface area contributed by atoms with Gasteiger partial charge in [-0.05, 0) is 24.3 Å². The Bertz CT molecular complexity index is 332. The molecule has 0 aliphatic carbocycles. The summed E-state index contributed by atoms with van der Waals surface area (Å²) in [5.74, 6) is 0. The van der Waals surface area contributed by atoms with E-state index >= 15 is 0 Å². The maximum atomic E-state index is 9.17. The summed E-state index contributed by atoms with van der Waals surface area (Å²) >= 11 is 0. The van der Waals surface area contributed by atoms with Gasteiger partial charge >= 0.3 is 0 Å². The van der Waals surface area contributed by atoms with Crippen LogP contribution in [0.1, 0.15) is 6.92 Å². The maximum Gasteiger partial charge on any atom is 0.0523 e. The number of nitrogens with zero attached hydrogens (tertiary/aromatic N) is 1. The van der Waals surface area contributed by atoms with Crippen LogP contribution in [0.4, 0.5) is 11.4 Å². The van der Waals surface area contributed by atoms with Crippen LogP contribution in [-0.2, 0) is 0 Å². The van der Waals surface area contributed by atoms with Gasteiger partial charge in [0.1, 0.15) is 0 Å². The largest absolute Gasteiger partial charge is 0.396 e. The normalized spacial score (nSPS) is 11.4. The molecule has 0 heterocycles. The van der Waals surface area contributed by atoms with Crippen molar-refractivity contribution in [3.63, 3.8) is 0 Å². The maximum absolute atomic E-state index is 9.17. The number of rotatable bonds is 6. The highest BCUT2D eigenvalue weighted by Crippen LogP contribution is 2.19. The summed E-state index contributed by atoms with van der Waals surface area (Å²) in [5.41, 5.74) is 1.64. The van der Waals surface area contributed by atoms with Crippen molar-refractivity contribution in [3.05, 3.63) is 24.3 Å². The third-order valence-corrected chi connectivity index (χ3v) is 2.87. The van der Waals surface area contributed by atoms with Gasteiger partial charge in [0.2, 0.25) is 0 Å². The number of hydrogen-bond donors (Lipinski definition) is 3. The SMILES string of the molecule is CN(C)c1ccc(NCC(C)(CO)CO)cc1. The van der Waals surface area contributed by atoms with Gasteiger partial charge in [0.25, 0.3) is 0 Å². The topological polar surface area (TPSA) is 55.7 Å². The number of nitrogens with one attached hydrogen (secondary N) is 1. The number of hydrogen-bond acceptors (Lipinski definition) is 4. The molecule has 0 unspecified atom stereocenters. The van der Waals surface area contributed by atoms with E-state index in [1.807, 2.05) is 50.2 Å². The number of anilines is 2. The summed E-state index contributed by atoms with van der Waals surface area (Å²) in [4.78, 5) is 2.04. The van der Waals surface area contributed by atoms with E-state index in [2.05, 4.69) is 5.32 Å². The molecule has 0 saturated carbocycles. The predicted octanol–water partition coefficient (Wildman–Crippen LogP) is 1.16. The van der Waals surface area contributed by atoms with E-state index < -0.39 is 5.41 Å². The van der Waals surface area contributed by atoms with E-state index in [9.17, 15) is 10.2 Å². The van der Waals surface area contributed by atoms with Crippen molar-refractivity contribution in [2.24, 2.45) is 5.41 Å². The molecular formula is C13H22N2O2. The minimum Gasteiger partial charge on any atom is -0.396 e. The number of benzene rings is 1. The first-order chi connectivity index (χ1) is 8.00. The van der Waals surface area contributed by atoms with E-state index in [-0.39, 0.29) is 13.2 Å². The van der Waals surface area contributed by atoms with Gasteiger partial charge in [0.05, 0.1) is 13.2 Å². The first kappa shape index (κ1) is 13.8. The van der Waals surface area contributed by atoms with Gasteiger partial charge in [-0.3, -0.25) is 0 Å². The summed E-state index contributed by atoms with van der Waals surface area (Å²) in [6.45, 7) is 2.31. The Kier molecular flexibility index (Phi) is 4.78. The first-order valence-corrected chi connectivity index (χ1v) is 5.74. The molecule has 3 N–H and O–H groups in total. The zero-order valence-corrected chi connectivity index (χ0v) is 10.8. The molecule has 17 heavy (non-hydrogen) atoms. The fraction of sp³-hybridized carbons (Fsp3) is 0.538. The van der Waals surface area contributed by atoms with Gasteiger partial charge in [-0.25, -0.2) is 0 Å². The highest BCUT2D eigenvalue weighted by molar-refractivity contribution is 5.54. The van der Waals surface area contributed by atoms with E-state index in [1.165, 1.54) is 0 Å². The molecular weight excluding hydrogens is 216 g/mol. The Hall–Kier alpha value is -1.26. The number of aliphatic hydroxyl groups excluding tert-OH is 2. The Labute approximate surface area is 103 Å². The zero-order chi connectivity index (χ0) is 12.9. The third-order valence-electron chi connectivity index (χ3n) is 2.87. The Morgan fingerprint density at radius 3 is 2.06 bits per heavy atom. The summed E-state index contributed by atoms with van der Waals surface area (Å²) < 4.78 is 0. The standard InChI is InChI=1S/C13H22N2O2/c1-13(9-16,10-17)8-14-11-4-6-12(7-5-11)15(2)3/h4-7,14,16-17H,8-10H2,1-3H3. The van der Waals surface area contributed by atoms with Gasteiger partial charge in [-0.1, -0.05) is 6.92 Å². The summed E-state index contributed by atoms with van der Waals surface area (Å²) in [6, 6.07) is 8.03. The highest BCUT2D eigenvalue weighted by Gasteiger charge is 2.21. The van der Waals surface area contributed by atoms with Gasteiger partial charge in [0, 0.05) is 37.4 Å². The lowest BCUT2D eigenvalue weighted by atomic mass is 9.93. The smallest absolute Gasteiger partial charge is 0.0523 e. The molecule has 4 heteroatoms. The molecule has 0 fully saturated rings. The van der Waals surface area contributed by atoms with Crippen molar-refractivity contribution in [2.75, 3.05) is 44.1 Å². The highest BCUT2D eigenvalue weighted by atomic mass is 16.3. The molecule has 0 saturated heterocycles. The fourth-order valence-electron chi connectivity index (χ4n) is 1.35. The second-order valence-electron chi connectivity index (χ2n) is 4.92. The van der Waals surface area contributed by atoms with E-state index in [1.54, 1.807) is 0 Å². The second kappa shape index (κ2) is 5.89. The summed E-state index contributed by atoms with van der Waals surface area (Å²) in [6.07, 6.45) is 0. The van der Waals surface area contributed by atoms with E-state index in [4.69, 9.17) is 0 Å². The molecule has 0 bridgehead atoms. The zero-order valence-electron chi connectivity index (χ0n) is 10.8. The lowest BCUT2D eigenvalue weighted by molar-refractivity contribution is 0.0806. The lowest BCUT2D eigenvalue weighted by Crippen LogP contribution is -2.34. The lowest BCUT2D eigenvalue weighted by Gasteiger charge is -2.25. The summed E-state index contributed by atoms with van der Waals surface area (Å²) in [5, 5.41) is 21.6. The van der Waals surface area contributed by atoms with Crippen LogP contribution < -0.4 is 10.2 Å². The van der Waals surface area contributed by atoms with Gasteiger partial charge in [-0.2, -0.15) is 0 Å². The Morgan fingerprint density at radius 1 is 1.12 bits per heavy atom. The van der Waals surface area contributed by atoms with Crippen molar-refractivity contribution in [2.45, 2.75) is 6.92 Å². The van der Waals surface area contributed by atoms with Gasteiger partial charge < -0.3 is 20.4 Å². The minimum absolute atomic E-state index is 0.0354. The van der Waals surface area contributed by atoms with E-state index in [0.29, 0.717) is 6.54 Å². The average molecular weight is 238 g/mol. The van der Waals surface area contributed by atoms with Crippen molar-refractivity contribution in [1.82, 2.24) is 0 Å². The molecule has 0 spiro atoms. The van der Waals surface area contributed by atoms with Crippen LogP contribution in [0.2, 0.25) is 0 Å². The molecule has 96 valence electrons. The molecule has 4 nitrogen and oxygen atoms in total. The van der Waals surface area contributed by atoms with Crippen LogP contribution in [-0.4, -0.2) is 44.1 Å². The fourth-order valence-corrected chi connectivity index (χ4v) is 1.35. The van der Waals surface area contributed by atoms with E-state index in [0.717, 1.165) is 11.4 Å². The second-order valence-corrected chi connectivity index (χ2v) is 4.92. The molecule has 1 rings (SSSR count). The molecule has 0 aliphatic rings. The van der Waals surface area contributed by atoms with Crippen LogP contribution in [0.15, 0.2) is 24.3 Å². The van der Waals surface area contributed by atoms with Crippen molar-refractivity contribution in [3.8, 4) is 0 Å². The van der Waals surface area contributed by atoms with Crippen LogP contribution in [0.25, 0.3) is 0 Å².